The average molecular weight is 320 g/mol. The van der Waals surface area contributed by atoms with Gasteiger partial charge in [-0.1, -0.05) is 18.2 Å². The molecule has 0 radical (unpaired) electrons. The number of hydrogen-bond acceptors (Lipinski definition) is 4. The first-order valence-electron chi connectivity index (χ1n) is 7.25. The van der Waals surface area contributed by atoms with Crippen LogP contribution >= 0.6 is 0 Å². The fraction of sp³-hybridized carbons (Fsp3) is 0.0588. The molecule has 1 aromatic heterocycles. The second-order valence-corrected chi connectivity index (χ2v) is 5.51. The number of nitrogens with two attached hydrogens (primary N) is 1. The van der Waals surface area contributed by atoms with Crippen LogP contribution in [-0.2, 0) is 4.79 Å². The summed E-state index contributed by atoms with van der Waals surface area (Å²) >= 11 is 0. The Morgan fingerprint density at radius 3 is 2.79 bits per heavy atom. The van der Waals surface area contributed by atoms with Crippen LogP contribution in [0.4, 0.5) is 0 Å². The summed E-state index contributed by atoms with van der Waals surface area (Å²) in [6, 6.07) is 11.7. The lowest BCUT2D eigenvalue weighted by Gasteiger charge is -2.15. The lowest BCUT2D eigenvalue weighted by atomic mass is 9.99. The SMILES string of the molecule is NC1=c2ccccc2=NC(=O)C1c1nc2ccc(C(=O)O)cc2[nH]1. The van der Waals surface area contributed by atoms with E-state index >= 15 is 0 Å². The fourth-order valence-electron chi connectivity index (χ4n) is 2.85. The number of carbonyl (C=O) groups excluding carboxylic acids is 1. The minimum absolute atomic E-state index is 0.139. The van der Waals surface area contributed by atoms with Gasteiger partial charge in [0.15, 0.2) is 0 Å². The van der Waals surface area contributed by atoms with Gasteiger partial charge in [-0.25, -0.2) is 14.8 Å². The molecule has 0 aliphatic carbocycles. The van der Waals surface area contributed by atoms with Crippen molar-refractivity contribution in [3.63, 3.8) is 0 Å². The van der Waals surface area contributed by atoms with Crippen molar-refractivity contribution in [1.29, 1.82) is 0 Å². The van der Waals surface area contributed by atoms with E-state index in [0.29, 0.717) is 33.1 Å². The summed E-state index contributed by atoms with van der Waals surface area (Å²) in [6.07, 6.45) is 0. The van der Waals surface area contributed by atoms with Crippen LogP contribution in [0.25, 0.3) is 16.7 Å². The van der Waals surface area contributed by atoms with Crippen molar-refractivity contribution in [2.24, 2.45) is 10.7 Å². The number of carboxylic acids is 1. The highest BCUT2D eigenvalue weighted by atomic mass is 16.4. The van der Waals surface area contributed by atoms with E-state index in [9.17, 15) is 9.59 Å². The molecule has 2 aromatic carbocycles. The summed E-state index contributed by atoms with van der Waals surface area (Å²) in [4.78, 5) is 34.9. The molecule has 2 heterocycles. The molecule has 24 heavy (non-hydrogen) atoms. The number of aromatic carboxylic acids is 1. The quantitative estimate of drug-likeness (QED) is 0.626. The van der Waals surface area contributed by atoms with Crippen molar-refractivity contribution < 1.29 is 14.7 Å². The monoisotopic (exact) mass is 320 g/mol. The van der Waals surface area contributed by atoms with Gasteiger partial charge in [0.1, 0.15) is 11.7 Å². The molecule has 1 amide bonds. The fourth-order valence-corrected chi connectivity index (χ4v) is 2.85. The van der Waals surface area contributed by atoms with E-state index < -0.39 is 17.8 Å². The third kappa shape index (κ3) is 2.06. The Hall–Kier alpha value is -3.48. The summed E-state index contributed by atoms with van der Waals surface area (Å²) in [5.41, 5.74) is 7.81. The van der Waals surface area contributed by atoms with E-state index in [4.69, 9.17) is 10.8 Å². The Kier molecular flexibility index (Phi) is 2.96. The molecule has 118 valence electrons. The molecule has 0 bridgehead atoms. The van der Waals surface area contributed by atoms with Crippen LogP contribution < -0.4 is 16.3 Å². The standard InChI is InChI=1S/C17H12N4O3/c18-14-9-3-1-2-4-10(9)21-16(22)13(14)15-19-11-6-5-8(17(23)24)7-12(11)20-15/h1-7,13H,18H2,(H,19,20)(H,23,24). The minimum atomic E-state index is -1.03. The van der Waals surface area contributed by atoms with E-state index in [1.807, 2.05) is 6.07 Å². The number of benzene rings is 2. The molecule has 7 heteroatoms. The van der Waals surface area contributed by atoms with Gasteiger partial charge in [-0.2, -0.15) is 0 Å². The number of imidazole rings is 1. The zero-order valence-electron chi connectivity index (χ0n) is 12.4. The minimum Gasteiger partial charge on any atom is -0.478 e. The molecule has 1 atom stereocenters. The van der Waals surface area contributed by atoms with E-state index in [2.05, 4.69) is 15.0 Å². The molecular formula is C17H12N4O3. The Balaban J connectivity index is 1.90. The number of para-hydroxylation sites is 1. The lowest BCUT2D eigenvalue weighted by molar-refractivity contribution is -0.118. The van der Waals surface area contributed by atoms with Crippen LogP contribution in [0.1, 0.15) is 22.1 Å². The van der Waals surface area contributed by atoms with Crippen LogP contribution in [0.15, 0.2) is 47.5 Å². The molecule has 1 aliphatic heterocycles. The van der Waals surface area contributed by atoms with Gasteiger partial charge in [0.2, 0.25) is 0 Å². The zero-order valence-corrected chi connectivity index (χ0v) is 12.4. The molecule has 4 rings (SSSR count). The van der Waals surface area contributed by atoms with Crippen LogP contribution in [0, 0.1) is 0 Å². The van der Waals surface area contributed by atoms with Crippen molar-refractivity contribution in [2.45, 2.75) is 5.92 Å². The molecule has 7 nitrogen and oxygen atoms in total. The molecule has 4 N–H and O–H groups in total. The smallest absolute Gasteiger partial charge is 0.335 e. The van der Waals surface area contributed by atoms with Gasteiger partial charge in [-0.3, -0.25) is 4.79 Å². The molecular weight excluding hydrogens is 308 g/mol. The van der Waals surface area contributed by atoms with Gasteiger partial charge < -0.3 is 15.8 Å². The number of carboxylic acid groups (broad SMARTS) is 1. The van der Waals surface area contributed by atoms with Crippen LogP contribution in [-0.4, -0.2) is 27.0 Å². The van der Waals surface area contributed by atoms with Crippen molar-refractivity contribution in [2.75, 3.05) is 0 Å². The Morgan fingerprint density at radius 2 is 2.00 bits per heavy atom. The van der Waals surface area contributed by atoms with E-state index in [1.54, 1.807) is 24.3 Å². The maximum absolute atomic E-state index is 12.4. The van der Waals surface area contributed by atoms with Gasteiger partial charge in [-0.15, -0.1) is 0 Å². The van der Waals surface area contributed by atoms with Crippen molar-refractivity contribution in [3.8, 4) is 0 Å². The first-order valence-corrected chi connectivity index (χ1v) is 7.25. The van der Waals surface area contributed by atoms with Gasteiger partial charge in [0, 0.05) is 10.9 Å². The van der Waals surface area contributed by atoms with E-state index in [1.165, 1.54) is 12.1 Å². The summed E-state index contributed by atoms with van der Waals surface area (Å²) < 4.78 is 0. The lowest BCUT2D eigenvalue weighted by Crippen LogP contribution is -2.39. The highest BCUT2D eigenvalue weighted by molar-refractivity contribution is 5.95. The number of hydrogen-bond donors (Lipinski definition) is 3. The first-order chi connectivity index (χ1) is 11.5. The largest absolute Gasteiger partial charge is 0.478 e. The summed E-state index contributed by atoms with van der Waals surface area (Å²) in [6.45, 7) is 0. The number of aromatic nitrogens is 2. The molecule has 1 unspecified atom stereocenters. The molecule has 0 spiro atoms. The number of rotatable bonds is 2. The number of amides is 1. The predicted molar refractivity (Wildman–Crippen MR) is 85.6 cm³/mol. The van der Waals surface area contributed by atoms with E-state index in [-0.39, 0.29) is 5.56 Å². The molecule has 1 aliphatic rings. The number of H-pyrrole nitrogens is 1. The normalized spacial score (nSPS) is 16.8. The number of aromatic amines is 1. The maximum atomic E-state index is 12.4. The van der Waals surface area contributed by atoms with Gasteiger partial charge in [-0.05, 0) is 24.3 Å². The van der Waals surface area contributed by atoms with Crippen LogP contribution in [0.5, 0.6) is 0 Å². The van der Waals surface area contributed by atoms with Crippen molar-refractivity contribution in [3.05, 3.63) is 64.4 Å². The van der Waals surface area contributed by atoms with Gasteiger partial charge in [0.05, 0.1) is 22.0 Å². The zero-order chi connectivity index (χ0) is 16.8. The number of nitrogens with zero attached hydrogens (tertiary/aromatic N) is 2. The molecule has 3 aromatic rings. The van der Waals surface area contributed by atoms with E-state index in [0.717, 1.165) is 0 Å². The third-order valence-electron chi connectivity index (χ3n) is 4.02. The predicted octanol–water partition coefficient (Wildman–Crippen LogP) is 0.272. The maximum Gasteiger partial charge on any atom is 0.335 e. The summed E-state index contributed by atoms with van der Waals surface area (Å²) in [7, 11) is 0. The first kappa shape index (κ1) is 14.1. The van der Waals surface area contributed by atoms with Gasteiger partial charge >= 0.3 is 5.97 Å². The molecule has 0 saturated heterocycles. The summed E-state index contributed by atoms with van der Waals surface area (Å²) in [5.74, 6) is -1.88. The second kappa shape index (κ2) is 5.02. The Labute approximate surface area is 135 Å². The highest BCUT2D eigenvalue weighted by Crippen LogP contribution is 2.24. The number of fused-ring (bicyclic) bond motifs is 2. The Morgan fingerprint density at radius 1 is 1.21 bits per heavy atom. The highest BCUT2D eigenvalue weighted by Gasteiger charge is 2.29. The van der Waals surface area contributed by atoms with Crippen molar-refractivity contribution in [1.82, 2.24) is 9.97 Å². The van der Waals surface area contributed by atoms with Crippen LogP contribution in [0.2, 0.25) is 0 Å². The topological polar surface area (TPSA) is 121 Å². The van der Waals surface area contributed by atoms with Gasteiger partial charge in [0.25, 0.3) is 5.91 Å². The average Bonchev–Trinajstić information content (AvgIpc) is 2.97. The number of nitrogens with one attached hydrogen (secondary N) is 1. The third-order valence-corrected chi connectivity index (χ3v) is 4.02. The van der Waals surface area contributed by atoms with Crippen molar-refractivity contribution >= 4 is 28.6 Å². The van der Waals surface area contributed by atoms with Crippen LogP contribution in [0.3, 0.4) is 0 Å². The molecule has 0 fully saturated rings. The molecule has 0 saturated carbocycles. The summed E-state index contributed by atoms with van der Waals surface area (Å²) in [5, 5.41) is 10.3. The second-order valence-electron chi connectivity index (χ2n) is 5.51. The number of carbonyl (C=O) groups is 2. The Bertz CT molecular complexity index is 1130.